The molecule has 0 aliphatic carbocycles. The molecule has 0 atom stereocenters. The van der Waals surface area contributed by atoms with Gasteiger partial charge in [0.05, 0.1) is 6.61 Å². The van der Waals surface area contributed by atoms with Crippen molar-refractivity contribution < 1.29 is 9.53 Å². The van der Waals surface area contributed by atoms with E-state index in [9.17, 15) is 9.59 Å². The zero-order valence-corrected chi connectivity index (χ0v) is 16.2. The highest BCUT2D eigenvalue weighted by Crippen LogP contribution is 2.32. The van der Waals surface area contributed by atoms with Gasteiger partial charge in [-0.2, -0.15) is 4.52 Å². The third-order valence-electron chi connectivity index (χ3n) is 4.63. The van der Waals surface area contributed by atoms with E-state index in [1.807, 2.05) is 42.5 Å². The summed E-state index contributed by atoms with van der Waals surface area (Å²) >= 11 is 1.28. The van der Waals surface area contributed by atoms with Crippen LogP contribution in [0.2, 0.25) is 0 Å². The summed E-state index contributed by atoms with van der Waals surface area (Å²) in [7, 11) is 0. The predicted octanol–water partition coefficient (Wildman–Crippen LogP) is 2.88. The molecule has 0 N–H and O–H groups in total. The molecule has 5 rings (SSSR count). The molecule has 0 bridgehead atoms. The number of carbonyl (C=O) groups is 1. The first-order valence-electron chi connectivity index (χ1n) is 9.05. The number of esters is 1. The predicted molar refractivity (Wildman–Crippen MR) is 110 cm³/mol. The number of hydrogen-bond donors (Lipinski definition) is 0. The van der Waals surface area contributed by atoms with E-state index in [1.54, 1.807) is 17.6 Å². The van der Waals surface area contributed by atoms with Crippen molar-refractivity contribution in [1.82, 2.24) is 24.4 Å². The Bertz CT molecular complexity index is 1440. The Hall–Kier alpha value is -3.59. The van der Waals surface area contributed by atoms with E-state index in [0.717, 1.165) is 15.8 Å². The van der Waals surface area contributed by atoms with Crippen LogP contribution in [0.1, 0.15) is 6.92 Å². The van der Waals surface area contributed by atoms with Crippen LogP contribution in [0.4, 0.5) is 0 Å². The SMILES string of the molecule is CCOC(=O)Cn1c(=O)c2sc3ncccc3c2n2nnc(-c3ccccc3)c12. The molecule has 4 heterocycles. The summed E-state index contributed by atoms with van der Waals surface area (Å²) in [5.74, 6) is -0.490. The maximum Gasteiger partial charge on any atom is 0.326 e. The van der Waals surface area contributed by atoms with E-state index in [2.05, 4.69) is 15.3 Å². The number of hydrogen-bond acceptors (Lipinski definition) is 7. The van der Waals surface area contributed by atoms with Crippen molar-refractivity contribution in [2.75, 3.05) is 6.61 Å². The molecule has 0 radical (unpaired) electrons. The van der Waals surface area contributed by atoms with Crippen LogP contribution in [0.15, 0.2) is 53.5 Å². The van der Waals surface area contributed by atoms with Crippen LogP contribution < -0.4 is 5.56 Å². The Kier molecular flexibility index (Phi) is 4.09. The molecule has 5 aromatic rings. The average Bonchev–Trinajstić information content (AvgIpc) is 3.34. The summed E-state index contributed by atoms with van der Waals surface area (Å²) in [5.41, 5.74) is 2.13. The van der Waals surface area contributed by atoms with Crippen molar-refractivity contribution in [3.05, 3.63) is 59.0 Å². The Labute approximate surface area is 168 Å². The van der Waals surface area contributed by atoms with Crippen LogP contribution in [0.5, 0.6) is 0 Å². The fourth-order valence-corrected chi connectivity index (χ4v) is 4.50. The minimum atomic E-state index is -0.490. The second kappa shape index (κ2) is 6.78. The van der Waals surface area contributed by atoms with Crippen LogP contribution in [-0.4, -0.2) is 37.0 Å². The first kappa shape index (κ1) is 17.5. The highest BCUT2D eigenvalue weighted by Gasteiger charge is 2.23. The number of carbonyl (C=O) groups excluding carboxylic acids is 1. The molecule has 0 spiro atoms. The van der Waals surface area contributed by atoms with Gasteiger partial charge in [-0.25, -0.2) is 4.98 Å². The van der Waals surface area contributed by atoms with Crippen molar-refractivity contribution in [1.29, 1.82) is 0 Å². The van der Waals surface area contributed by atoms with Gasteiger partial charge in [-0.1, -0.05) is 35.5 Å². The molecule has 4 aromatic heterocycles. The van der Waals surface area contributed by atoms with E-state index in [4.69, 9.17) is 4.74 Å². The molecule has 144 valence electrons. The highest BCUT2D eigenvalue weighted by atomic mass is 32.1. The smallest absolute Gasteiger partial charge is 0.326 e. The first-order chi connectivity index (χ1) is 14.2. The van der Waals surface area contributed by atoms with Gasteiger partial charge in [0.2, 0.25) is 0 Å². The van der Waals surface area contributed by atoms with E-state index in [-0.39, 0.29) is 18.7 Å². The number of rotatable bonds is 4. The summed E-state index contributed by atoms with van der Waals surface area (Å²) in [5, 5.41) is 9.50. The lowest BCUT2D eigenvalue weighted by molar-refractivity contribution is -0.143. The normalized spacial score (nSPS) is 11.5. The van der Waals surface area contributed by atoms with Crippen molar-refractivity contribution in [3.8, 4) is 11.3 Å². The molecule has 29 heavy (non-hydrogen) atoms. The van der Waals surface area contributed by atoms with Crippen molar-refractivity contribution in [2.24, 2.45) is 0 Å². The monoisotopic (exact) mass is 405 g/mol. The van der Waals surface area contributed by atoms with E-state index >= 15 is 0 Å². The van der Waals surface area contributed by atoms with Crippen molar-refractivity contribution in [2.45, 2.75) is 13.5 Å². The molecular formula is C20H15N5O3S. The Balaban J connectivity index is 1.92. The van der Waals surface area contributed by atoms with Crippen molar-refractivity contribution >= 4 is 43.4 Å². The number of nitrogens with zero attached hydrogens (tertiary/aromatic N) is 5. The highest BCUT2D eigenvalue weighted by molar-refractivity contribution is 7.25. The molecular weight excluding hydrogens is 390 g/mol. The average molecular weight is 405 g/mol. The Morgan fingerprint density at radius 3 is 2.79 bits per heavy atom. The van der Waals surface area contributed by atoms with Crippen LogP contribution in [0, 0.1) is 0 Å². The van der Waals surface area contributed by atoms with Gasteiger partial charge in [0, 0.05) is 17.1 Å². The first-order valence-corrected chi connectivity index (χ1v) is 9.87. The largest absolute Gasteiger partial charge is 0.465 e. The third-order valence-corrected chi connectivity index (χ3v) is 5.72. The Morgan fingerprint density at radius 1 is 1.17 bits per heavy atom. The fraction of sp³-hybridized carbons (Fsp3) is 0.150. The van der Waals surface area contributed by atoms with Gasteiger partial charge in [-0.15, -0.1) is 16.4 Å². The minimum Gasteiger partial charge on any atom is -0.465 e. The van der Waals surface area contributed by atoms with Gasteiger partial charge < -0.3 is 4.74 Å². The van der Waals surface area contributed by atoms with Gasteiger partial charge in [0.15, 0.2) is 5.65 Å². The summed E-state index contributed by atoms with van der Waals surface area (Å²) < 4.78 is 8.57. The number of benzene rings is 1. The van der Waals surface area contributed by atoms with Gasteiger partial charge in [-0.05, 0) is 19.1 Å². The lowest BCUT2D eigenvalue weighted by Gasteiger charge is -2.10. The van der Waals surface area contributed by atoms with Gasteiger partial charge in [0.25, 0.3) is 5.56 Å². The summed E-state index contributed by atoms with van der Waals surface area (Å²) in [4.78, 5) is 30.7. The van der Waals surface area contributed by atoms with Crippen LogP contribution >= 0.6 is 11.3 Å². The number of ether oxygens (including phenoxy) is 1. The third kappa shape index (κ3) is 2.70. The molecule has 0 saturated heterocycles. The van der Waals surface area contributed by atoms with E-state index in [0.29, 0.717) is 21.6 Å². The molecule has 0 unspecified atom stereocenters. The number of thiophene rings is 1. The lowest BCUT2D eigenvalue weighted by Crippen LogP contribution is -2.27. The minimum absolute atomic E-state index is 0.221. The summed E-state index contributed by atoms with van der Waals surface area (Å²) in [6.07, 6.45) is 1.68. The van der Waals surface area contributed by atoms with Crippen LogP contribution in [0.25, 0.3) is 37.3 Å². The van der Waals surface area contributed by atoms with Gasteiger partial charge in [-0.3, -0.25) is 14.2 Å². The zero-order valence-electron chi connectivity index (χ0n) is 15.4. The summed E-state index contributed by atoms with van der Waals surface area (Å²) in [6, 6.07) is 13.2. The van der Waals surface area contributed by atoms with E-state index in [1.165, 1.54) is 15.9 Å². The van der Waals surface area contributed by atoms with Gasteiger partial charge >= 0.3 is 5.97 Å². The topological polar surface area (TPSA) is 91.4 Å². The van der Waals surface area contributed by atoms with E-state index < -0.39 is 5.97 Å². The molecule has 1 aromatic carbocycles. The van der Waals surface area contributed by atoms with Gasteiger partial charge in [0.1, 0.15) is 27.3 Å². The molecule has 0 saturated carbocycles. The fourth-order valence-electron chi connectivity index (χ4n) is 3.43. The quantitative estimate of drug-likeness (QED) is 0.427. The van der Waals surface area contributed by atoms with Crippen LogP contribution in [-0.2, 0) is 16.1 Å². The molecule has 0 fully saturated rings. The molecule has 8 nitrogen and oxygen atoms in total. The Morgan fingerprint density at radius 2 is 2.00 bits per heavy atom. The number of fused-ring (bicyclic) bond motifs is 5. The molecule has 0 aliphatic heterocycles. The second-order valence-electron chi connectivity index (χ2n) is 6.37. The van der Waals surface area contributed by atoms with Crippen molar-refractivity contribution in [3.63, 3.8) is 0 Å². The second-order valence-corrected chi connectivity index (χ2v) is 7.37. The maximum absolute atomic E-state index is 13.4. The standard InChI is InChI=1S/C20H15N5O3S/c1-2-28-14(26)11-24-19-15(12-7-4-3-5-8-12)22-23-25(19)16-13-9-6-10-21-18(13)29-17(16)20(24)27/h3-10H,2,11H2,1H3. The number of aromatic nitrogens is 5. The van der Waals surface area contributed by atoms with Crippen LogP contribution in [0.3, 0.4) is 0 Å². The maximum atomic E-state index is 13.4. The molecule has 9 heteroatoms. The zero-order chi connectivity index (χ0) is 20.0. The summed E-state index contributed by atoms with van der Waals surface area (Å²) in [6.45, 7) is 1.75. The number of pyridine rings is 1. The lowest BCUT2D eigenvalue weighted by atomic mass is 10.1. The molecule has 0 aliphatic rings. The molecule has 0 amide bonds.